The fourth-order valence-electron chi connectivity index (χ4n) is 0.532. The van der Waals surface area contributed by atoms with E-state index >= 15 is 0 Å². The van der Waals surface area contributed by atoms with Crippen molar-refractivity contribution in [1.82, 2.24) is 5.32 Å². The van der Waals surface area contributed by atoms with E-state index in [1.54, 1.807) is 0 Å². The second-order valence-corrected chi connectivity index (χ2v) is 4.92. The molecule has 0 saturated heterocycles. The van der Waals surface area contributed by atoms with Crippen LogP contribution in [0.25, 0.3) is 0 Å². The summed E-state index contributed by atoms with van der Waals surface area (Å²) in [4.78, 5) is 17.7. The first-order chi connectivity index (χ1) is 4.42. The van der Waals surface area contributed by atoms with Crippen LogP contribution in [0.5, 0.6) is 0 Å². The van der Waals surface area contributed by atoms with Crippen molar-refractivity contribution >= 4 is 13.6 Å². The van der Waals surface area contributed by atoms with Crippen LogP contribution in [-0.2, 0) is 0 Å². The van der Waals surface area contributed by atoms with Gasteiger partial charge < -0.3 is 15.1 Å². The molecular weight excluding hydrogens is 149 g/mol. The van der Waals surface area contributed by atoms with Crippen LogP contribution in [0.2, 0.25) is 0 Å². The maximum absolute atomic E-state index is 8.85. The summed E-state index contributed by atoms with van der Waals surface area (Å²) in [6.45, 7) is 4.65. The van der Waals surface area contributed by atoms with Crippen molar-refractivity contribution in [2.24, 2.45) is 0 Å². The Labute approximate surface area is 62.2 Å². The Bertz CT molecular complexity index is 130. The van der Waals surface area contributed by atoms with E-state index in [2.05, 4.69) is 11.6 Å². The second kappa shape index (κ2) is 4.14. The molecule has 0 aliphatic carbocycles. The van der Waals surface area contributed by atoms with Crippen molar-refractivity contribution in [3.8, 4) is 0 Å². The molecule has 0 unspecified atom stereocenters. The summed E-state index contributed by atoms with van der Waals surface area (Å²) in [5, 5.41) is 3.07. The van der Waals surface area contributed by atoms with Crippen molar-refractivity contribution in [1.29, 1.82) is 0 Å². The van der Waals surface area contributed by atoms with Gasteiger partial charge in [0.25, 0.3) is 0 Å². The molecule has 0 saturated carbocycles. The van der Waals surface area contributed by atoms with Crippen LogP contribution in [0, 0.1) is 0 Å². The molecule has 62 valence electrons. The molecule has 0 aliphatic rings. The topological polar surface area (TPSA) is 52.5 Å². The minimum Gasteiger partial charge on any atom is -0.353 e. The van der Waals surface area contributed by atoms with Gasteiger partial charge in [-0.15, -0.1) is 0 Å². The van der Waals surface area contributed by atoms with Crippen LogP contribution in [0.15, 0.2) is 0 Å². The van der Waals surface area contributed by atoms with Gasteiger partial charge in [-0.25, -0.2) is 0 Å². The smallest absolute Gasteiger partial charge is 0.113 e. The van der Waals surface area contributed by atoms with Crippen LogP contribution in [0.4, 0.5) is 0 Å². The molecule has 4 heteroatoms. The van der Waals surface area contributed by atoms with Crippen molar-refractivity contribution in [3.63, 3.8) is 0 Å². The second-order valence-electron chi connectivity index (χ2n) is 2.71. The van der Waals surface area contributed by atoms with Crippen molar-refractivity contribution < 1.29 is 9.79 Å². The summed E-state index contributed by atoms with van der Waals surface area (Å²) in [5.74, 6) is 0. The molecule has 0 aromatic heterocycles. The van der Waals surface area contributed by atoms with Gasteiger partial charge in [-0.3, -0.25) is 0 Å². The van der Waals surface area contributed by atoms with E-state index in [1.165, 1.54) is 0 Å². The summed E-state index contributed by atoms with van der Waals surface area (Å²) in [6.07, 6.45) is 3.62. The third-order valence-corrected chi connectivity index (χ3v) is 1.96. The quantitative estimate of drug-likeness (QED) is 0.523. The first kappa shape index (κ1) is 10.2. The van der Waals surface area contributed by atoms with Crippen molar-refractivity contribution in [2.75, 3.05) is 12.7 Å². The van der Waals surface area contributed by atoms with Gasteiger partial charge in [0.05, 0.1) is 0 Å². The standard InChI is InChI=1S/C6H16NO2P/c1-6(2)7-4-5-10(3,8)9/h6-9H,3-5H2,1-2H3. The highest BCUT2D eigenvalue weighted by Crippen LogP contribution is 2.32. The minimum absolute atomic E-state index is 0.366. The molecule has 0 spiro atoms. The molecule has 3 N–H and O–H groups in total. The lowest BCUT2D eigenvalue weighted by molar-refractivity contribution is 0.471. The Kier molecular flexibility index (Phi) is 4.22. The summed E-state index contributed by atoms with van der Waals surface area (Å²) in [5.41, 5.74) is 0. The number of hydrogen-bond acceptors (Lipinski definition) is 3. The van der Waals surface area contributed by atoms with Crippen molar-refractivity contribution in [2.45, 2.75) is 19.9 Å². The predicted octanol–water partition coefficient (Wildman–Crippen LogP) is 0.249. The molecule has 0 radical (unpaired) electrons. The molecule has 10 heavy (non-hydrogen) atoms. The number of hydrogen-bond donors (Lipinski definition) is 3. The molecule has 0 fully saturated rings. The monoisotopic (exact) mass is 165 g/mol. The zero-order valence-electron chi connectivity index (χ0n) is 6.54. The van der Waals surface area contributed by atoms with E-state index < -0.39 is 7.34 Å². The summed E-state index contributed by atoms with van der Waals surface area (Å²) >= 11 is 0. The number of rotatable bonds is 4. The summed E-state index contributed by atoms with van der Waals surface area (Å²) in [6, 6.07) is 0.395. The molecular formula is C6H16NO2P. The molecule has 0 rings (SSSR count). The van der Waals surface area contributed by atoms with E-state index in [9.17, 15) is 0 Å². The van der Waals surface area contributed by atoms with E-state index in [4.69, 9.17) is 9.79 Å². The Morgan fingerprint density at radius 2 is 2.00 bits per heavy atom. The minimum atomic E-state index is -2.78. The molecule has 0 aliphatic heterocycles. The van der Waals surface area contributed by atoms with Crippen molar-refractivity contribution in [3.05, 3.63) is 0 Å². The lowest BCUT2D eigenvalue weighted by atomic mass is 10.4. The van der Waals surface area contributed by atoms with E-state index in [-0.39, 0.29) is 0 Å². The van der Waals surface area contributed by atoms with Gasteiger partial charge in [0.1, 0.15) is 7.34 Å². The first-order valence-electron chi connectivity index (χ1n) is 3.33. The zero-order valence-corrected chi connectivity index (χ0v) is 7.43. The molecule has 0 aromatic rings. The van der Waals surface area contributed by atoms with E-state index in [0.29, 0.717) is 18.7 Å². The van der Waals surface area contributed by atoms with Gasteiger partial charge in [-0.05, 0) is 0 Å². The lowest BCUT2D eigenvalue weighted by Gasteiger charge is -2.11. The average molecular weight is 165 g/mol. The van der Waals surface area contributed by atoms with Gasteiger partial charge in [0.2, 0.25) is 0 Å². The molecule has 0 amide bonds. The van der Waals surface area contributed by atoms with Crippen LogP contribution >= 0.6 is 7.34 Å². The maximum Gasteiger partial charge on any atom is 0.113 e. The normalized spacial score (nSPS) is 12.5. The van der Waals surface area contributed by atoms with Crippen LogP contribution < -0.4 is 5.32 Å². The van der Waals surface area contributed by atoms with E-state index in [0.717, 1.165) is 0 Å². The Morgan fingerprint density at radius 1 is 1.50 bits per heavy atom. The molecule has 0 heterocycles. The average Bonchev–Trinajstić information content (AvgIpc) is 1.59. The largest absolute Gasteiger partial charge is 0.353 e. The Balaban J connectivity index is 3.30. The Morgan fingerprint density at radius 3 is 2.30 bits per heavy atom. The first-order valence-corrected chi connectivity index (χ1v) is 5.39. The van der Waals surface area contributed by atoms with Gasteiger partial charge in [0, 0.05) is 18.7 Å². The predicted molar refractivity (Wildman–Crippen MR) is 46.5 cm³/mol. The highest BCUT2D eigenvalue weighted by Gasteiger charge is 2.02. The van der Waals surface area contributed by atoms with Gasteiger partial charge >= 0.3 is 0 Å². The highest BCUT2D eigenvalue weighted by molar-refractivity contribution is 7.62. The zero-order chi connectivity index (χ0) is 8.20. The highest BCUT2D eigenvalue weighted by atomic mass is 31.2. The maximum atomic E-state index is 8.85. The third-order valence-electron chi connectivity index (χ3n) is 1.02. The van der Waals surface area contributed by atoms with Gasteiger partial charge in [-0.1, -0.05) is 20.1 Å². The third kappa shape index (κ3) is 8.18. The van der Waals surface area contributed by atoms with Crippen LogP contribution in [0.3, 0.4) is 0 Å². The Hall–Kier alpha value is 0.180. The number of nitrogens with one attached hydrogen (secondary N) is 1. The summed E-state index contributed by atoms with van der Waals surface area (Å²) < 4.78 is 0. The fourth-order valence-corrected chi connectivity index (χ4v) is 1.02. The van der Waals surface area contributed by atoms with Gasteiger partial charge in [-0.2, -0.15) is 0 Å². The van der Waals surface area contributed by atoms with Crippen LogP contribution in [-0.4, -0.2) is 34.8 Å². The molecule has 0 bridgehead atoms. The van der Waals surface area contributed by atoms with E-state index in [1.807, 2.05) is 13.8 Å². The molecule has 3 nitrogen and oxygen atoms in total. The SMILES string of the molecule is C=P(O)(O)CCNC(C)C. The fraction of sp³-hybridized carbons (Fsp3) is 0.833. The summed E-state index contributed by atoms with van der Waals surface area (Å²) in [7, 11) is -2.78. The molecule has 0 atom stereocenters. The lowest BCUT2D eigenvalue weighted by Crippen LogP contribution is -2.25. The van der Waals surface area contributed by atoms with Gasteiger partial charge in [0.15, 0.2) is 0 Å². The van der Waals surface area contributed by atoms with Crippen LogP contribution in [0.1, 0.15) is 13.8 Å². The molecule has 0 aromatic carbocycles.